The van der Waals surface area contributed by atoms with Crippen molar-refractivity contribution in [1.29, 1.82) is 0 Å². The molecule has 0 heterocycles. The smallest absolute Gasteiger partial charge is 0.0578 e. The Morgan fingerprint density at radius 1 is 1.57 bits per heavy atom. The molecule has 0 aliphatic rings. The van der Waals surface area contributed by atoms with E-state index < -0.39 is 0 Å². The molecule has 2 heteroatoms. The average molecular weight is 252 g/mol. The SMILES string of the molecule is C#CCNC(C)c1ccc(Br)c(C)c1. The molecule has 0 aromatic heterocycles. The summed E-state index contributed by atoms with van der Waals surface area (Å²) in [5.74, 6) is 2.57. The first-order chi connectivity index (χ1) is 6.65. The van der Waals surface area contributed by atoms with Crippen LogP contribution in [0.15, 0.2) is 22.7 Å². The molecule has 0 aliphatic carbocycles. The maximum absolute atomic E-state index is 5.19. The summed E-state index contributed by atoms with van der Waals surface area (Å²) in [6.07, 6.45) is 5.19. The van der Waals surface area contributed by atoms with E-state index in [1.807, 2.05) is 0 Å². The van der Waals surface area contributed by atoms with Gasteiger partial charge in [0.1, 0.15) is 0 Å². The fraction of sp³-hybridized carbons (Fsp3) is 0.333. The van der Waals surface area contributed by atoms with E-state index in [2.05, 4.69) is 59.2 Å². The molecule has 0 saturated carbocycles. The number of terminal acetylenes is 1. The van der Waals surface area contributed by atoms with Crippen LogP contribution in [0, 0.1) is 19.3 Å². The van der Waals surface area contributed by atoms with Crippen molar-refractivity contribution in [2.75, 3.05) is 6.54 Å². The Kier molecular flexibility index (Phi) is 4.19. The van der Waals surface area contributed by atoms with Crippen LogP contribution in [-0.2, 0) is 0 Å². The van der Waals surface area contributed by atoms with Gasteiger partial charge in [-0.1, -0.05) is 34.0 Å². The molecule has 1 nitrogen and oxygen atoms in total. The van der Waals surface area contributed by atoms with Crippen molar-refractivity contribution in [2.24, 2.45) is 0 Å². The summed E-state index contributed by atoms with van der Waals surface area (Å²) in [6.45, 7) is 4.80. The van der Waals surface area contributed by atoms with E-state index >= 15 is 0 Å². The lowest BCUT2D eigenvalue weighted by atomic mass is 10.1. The lowest BCUT2D eigenvalue weighted by Gasteiger charge is -2.13. The van der Waals surface area contributed by atoms with Gasteiger partial charge in [0.15, 0.2) is 0 Å². The minimum absolute atomic E-state index is 0.304. The first kappa shape index (κ1) is 11.3. The third-order valence-corrected chi connectivity index (χ3v) is 3.08. The van der Waals surface area contributed by atoms with Crippen molar-refractivity contribution in [3.8, 4) is 12.3 Å². The van der Waals surface area contributed by atoms with E-state index in [-0.39, 0.29) is 0 Å². The molecule has 0 aliphatic heterocycles. The van der Waals surface area contributed by atoms with Crippen LogP contribution in [0.25, 0.3) is 0 Å². The highest BCUT2D eigenvalue weighted by Crippen LogP contribution is 2.20. The van der Waals surface area contributed by atoms with E-state index in [1.54, 1.807) is 0 Å². The van der Waals surface area contributed by atoms with Crippen LogP contribution in [0.5, 0.6) is 0 Å². The molecule has 1 unspecified atom stereocenters. The lowest BCUT2D eigenvalue weighted by Crippen LogP contribution is -2.18. The third kappa shape index (κ3) is 2.87. The zero-order chi connectivity index (χ0) is 10.6. The summed E-state index contributed by atoms with van der Waals surface area (Å²) >= 11 is 3.48. The summed E-state index contributed by atoms with van der Waals surface area (Å²) in [6, 6.07) is 6.64. The normalized spacial score (nSPS) is 12.1. The van der Waals surface area contributed by atoms with Gasteiger partial charge in [0, 0.05) is 10.5 Å². The van der Waals surface area contributed by atoms with Gasteiger partial charge in [0.2, 0.25) is 0 Å². The Morgan fingerprint density at radius 3 is 2.86 bits per heavy atom. The number of aryl methyl sites for hydroxylation is 1. The van der Waals surface area contributed by atoms with Crippen molar-refractivity contribution in [3.63, 3.8) is 0 Å². The molecule has 14 heavy (non-hydrogen) atoms. The molecule has 1 N–H and O–H groups in total. The fourth-order valence-corrected chi connectivity index (χ4v) is 1.51. The fourth-order valence-electron chi connectivity index (χ4n) is 1.27. The van der Waals surface area contributed by atoms with Gasteiger partial charge in [-0.05, 0) is 31.0 Å². The maximum atomic E-state index is 5.19. The Bertz CT molecular complexity index is 352. The van der Waals surface area contributed by atoms with Gasteiger partial charge in [-0.15, -0.1) is 6.42 Å². The zero-order valence-electron chi connectivity index (χ0n) is 8.47. The van der Waals surface area contributed by atoms with E-state index in [4.69, 9.17) is 6.42 Å². The average Bonchev–Trinajstić information content (AvgIpc) is 2.18. The van der Waals surface area contributed by atoms with Crippen LogP contribution in [0.3, 0.4) is 0 Å². The minimum atomic E-state index is 0.304. The largest absolute Gasteiger partial charge is 0.300 e. The van der Waals surface area contributed by atoms with E-state index in [0.29, 0.717) is 12.6 Å². The number of benzene rings is 1. The lowest BCUT2D eigenvalue weighted by molar-refractivity contribution is 0.623. The van der Waals surface area contributed by atoms with Gasteiger partial charge in [-0.25, -0.2) is 0 Å². The van der Waals surface area contributed by atoms with Gasteiger partial charge in [0.25, 0.3) is 0 Å². The van der Waals surface area contributed by atoms with Crippen LogP contribution in [-0.4, -0.2) is 6.54 Å². The second-order valence-electron chi connectivity index (χ2n) is 3.32. The van der Waals surface area contributed by atoms with Gasteiger partial charge >= 0.3 is 0 Å². The van der Waals surface area contributed by atoms with Crippen LogP contribution in [0.4, 0.5) is 0 Å². The second kappa shape index (κ2) is 5.19. The number of hydrogen-bond acceptors (Lipinski definition) is 1. The van der Waals surface area contributed by atoms with Crippen molar-refractivity contribution in [3.05, 3.63) is 33.8 Å². The van der Waals surface area contributed by atoms with Crippen LogP contribution in [0.1, 0.15) is 24.1 Å². The molecule has 0 bridgehead atoms. The maximum Gasteiger partial charge on any atom is 0.0578 e. The summed E-state index contributed by atoms with van der Waals surface area (Å²) < 4.78 is 1.14. The first-order valence-corrected chi connectivity index (χ1v) is 5.37. The van der Waals surface area contributed by atoms with E-state index in [9.17, 15) is 0 Å². The Morgan fingerprint density at radius 2 is 2.29 bits per heavy atom. The van der Waals surface area contributed by atoms with Crippen molar-refractivity contribution in [2.45, 2.75) is 19.9 Å². The summed E-state index contributed by atoms with van der Waals surface area (Å²) in [5.41, 5.74) is 2.51. The molecule has 0 amide bonds. The van der Waals surface area contributed by atoms with Crippen LogP contribution in [0.2, 0.25) is 0 Å². The molecule has 0 spiro atoms. The molecule has 0 saturated heterocycles. The molecule has 1 aromatic rings. The number of nitrogens with one attached hydrogen (secondary N) is 1. The Balaban J connectivity index is 2.76. The summed E-state index contributed by atoms with van der Waals surface area (Å²) in [5, 5.41) is 3.24. The molecular weight excluding hydrogens is 238 g/mol. The molecular formula is C12H14BrN. The molecule has 0 radical (unpaired) electrons. The Labute approximate surface area is 94.0 Å². The van der Waals surface area contributed by atoms with Crippen molar-refractivity contribution < 1.29 is 0 Å². The van der Waals surface area contributed by atoms with Gasteiger partial charge in [-0.2, -0.15) is 0 Å². The number of rotatable bonds is 3. The minimum Gasteiger partial charge on any atom is -0.300 e. The molecule has 74 valence electrons. The van der Waals surface area contributed by atoms with Crippen molar-refractivity contribution >= 4 is 15.9 Å². The quantitative estimate of drug-likeness (QED) is 0.815. The zero-order valence-corrected chi connectivity index (χ0v) is 10.1. The highest BCUT2D eigenvalue weighted by Gasteiger charge is 2.04. The topological polar surface area (TPSA) is 12.0 Å². The highest BCUT2D eigenvalue weighted by molar-refractivity contribution is 9.10. The monoisotopic (exact) mass is 251 g/mol. The van der Waals surface area contributed by atoms with Gasteiger partial charge in [0.05, 0.1) is 6.54 Å². The third-order valence-electron chi connectivity index (χ3n) is 2.19. The molecule has 1 aromatic carbocycles. The standard InChI is InChI=1S/C12H14BrN/c1-4-7-14-10(3)11-5-6-12(13)9(2)8-11/h1,5-6,8,10,14H,7H2,2-3H3. The number of hydrogen-bond donors (Lipinski definition) is 1. The number of halogens is 1. The molecule has 0 fully saturated rings. The first-order valence-electron chi connectivity index (χ1n) is 4.58. The Hall–Kier alpha value is -0.780. The molecule has 1 rings (SSSR count). The molecule has 1 atom stereocenters. The predicted molar refractivity (Wildman–Crippen MR) is 64.1 cm³/mol. The van der Waals surface area contributed by atoms with Gasteiger partial charge < -0.3 is 0 Å². The second-order valence-corrected chi connectivity index (χ2v) is 4.17. The predicted octanol–water partition coefficient (Wildman–Crippen LogP) is 3.04. The summed E-state index contributed by atoms with van der Waals surface area (Å²) in [4.78, 5) is 0. The van der Waals surface area contributed by atoms with Crippen LogP contribution >= 0.6 is 15.9 Å². The van der Waals surface area contributed by atoms with E-state index in [1.165, 1.54) is 11.1 Å². The summed E-state index contributed by atoms with van der Waals surface area (Å²) in [7, 11) is 0. The van der Waals surface area contributed by atoms with E-state index in [0.717, 1.165) is 4.47 Å². The van der Waals surface area contributed by atoms with Crippen LogP contribution < -0.4 is 5.32 Å². The highest BCUT2D eigenvalue weighted by atomic mass is 79.9. The van der Waals surface area contributed by atoms with Crippen molar-refractivity contribution in [1.82, 2.24) is 5.32 Å². The van der Waals surface area contributed by atoms with Gasteiger partial charge in [-0.3, -0.25) is 5.32 Å².